The number of pyridine rings is 1. The zero-order chi connectivity index (χ0) is 14.1. The van der Waals surface area contributed by atoms with Crippen LogP contribution in [0.15, 0.2) is 6.20 Å². The summed E-state index contributed by atoms with van der Waals surface area (Å²) in [7, 11) is 0. The van der Waals surface area contributed by atoms with Gasteiger partial charge in [-0.05, 0) is 13.3 Å². The predicted molar refractivity (Wildman–Crippen MR) is 76.9 cm³/mol. The van der Waals surface area contributed by atoms with E-state index in [-0.39, 0.29) is 5.75 Å². The summed E-state index contributed by atoms with van der Waals surface area (Å²) in [5.74, 6) is 0.201. The van der Waals surface area contributed by atoms with Gasteiger partial charge in [-0.15, -0.1) is 0 Å². The van der Waals surface area contributed by atoms with Crippen LogP contribution >= 0.6 is 0 Å². The third-order valence-electron chi connectivity index (χ3n) is 3.28. The topological polar surface area (TPSA) is 68.4 Å². The second-order valence-corrected chi connectivity index (χ2v) is 4.87. The molecule has 0 atom stereocenters. The number of unbranched alkanes of at least 4 members (excludes halogenated alkanes) is 4. The molecule has 1 aromatic rings. The summed E-state index contributed by atoms with van der Waals surface area (Å²) in [6.07, 6.45) is 7.88. The minimum absolute atomic E-state index is 0.201. The molecule has 4 heteroatoms. The Labute approximate surface area is 116 Å². The van der Waals surface area contributed by atoms with Crippen LogP contribution in [0, 0.1) is 6.92 Å². The fourth-order valence-electron chi connectivity index (χ4n) is 2.03. The van der Waals surface area contributed by atoms with Gasteiger partial charge in [0.05, 0.1) is 12.3 Å². The number of nitrogens with two attached hydrogens (primary N) is 1. The molecule has 0 aromatic carbocycles. The summed E-state index contributed by atoms with van der Waals surface area (Å²) in [5, 5.41) is 9.88. The first-order chi connectivity index (χ1) is 9.20. The first-order valence-electron chi connectivity index (χ1n) is 7.14. The summed E-state index contributed by atoms with van der Waals surface area (Å²) in [5.41, 5.74) is 7.91. The lowest BCUT2D eigenvalue weighted by molar-refractivity contribution is 0.115. The predicted octanol–water partition coefficient (Wildman–Crippen LogP) is 3.04. The highest BCUT2D eigenvalue weighted by molar-refractivity contribution is 5.40. The van der Waals surface area contributed by atoms with Crippen molar-refractivity contribution in [1.82, 2.24) is 4.98 Å². The Kier molecular flexibility index (Phi) is 7.45. The number of hydrogen-bond donors (Lipinski definition) is 2. The van der Waals surface area contributed by atoms with Gasteiger partial charge >= 0.3 is 0 Å². The van der Waals surface area contributed by atoms with Gasteiger partial charge in [0.1, 0.15) is 5.75 Å². The van der Waals surface area contributed by atoms with E-state index in [1.807, 2.05) is 0 Å². The van der Waals surface area contributed by atoms with Crippen molar-refractivity contribution in [2.24, 2.45) is 5.73 Å². The van der Waals surface area contributed by atoms with Crippen LogP contribution in [0.25, 0.3) is 0 Å². The lowest BCUT2D eigenvalue weighted by Gasteiger charge is -2.11. The maximum atomic E-state index is 9.88. The molecule has 0 aliphatic rings. The van der Waals surface area contributed by atoms with E-state index in [0.717, 1.165) is 24.2 Å². The summed E-state index contributed by atoms with van der Waals surface area (Å²) >= 11 is 0. The fourth-order valence-corrected chi connectivity index (χ4v) is 2.03. The van der Waals surface area contributed by atoms with Crippen molar-refractivity contribution in [2.45, 2.75) is 59.1 Å². The summed E-state index contributed by atoms with van der Waals surface area (Å²) < 4.78 is 5.63. The first kappa shape index (κ1) is 15.9. The second kappa shape index (κ2) is 8.88. The van der Waals surface area contributed by atoms with E-state index in [1.165, 1.54) is 25.7 Å². The lowest BCUT2D eigenvalue weighted by Crippen LogP contribution is -2.06. The lowest BCUT2D eigenvalue weighted by atomic mass is 10.1. The molecule has 4 nitrogen and oxygen atoms in total. The van der Waals surface area contributed by atoms with Crippen molar-refractivity contribution in [3.63, 3.8) is 0 Å². The van der Waals surface area contributed by atoms with E-state index >= 15 is 0 Å². The molecule has 0 aliphatic heterocycles. The summed E-state index contributed by atoms with van der Waals surface area (Å²) in [4.78, 5) is 4.14. The molecule has 108 valence electrons. The van der Waals surface area contributed by atoms with E-state index in [2.05, 4.69) is 11.9 Å². The van der Waals surface area contributed by atoms with Crippen LogP contribution in [0.1, 0.15) is 55.8 Å². The Hall–Kier alpha value is -1.13. The van der Waals surface area contributed by atoms with E-state index in [1.54, 1.807) is 13.1 Å². The van der Waals surface area contributed by atoms with Crippen LogP contribution in [-0.2, 0) is 17.9 Å². The summed E-state index contributed by atoms with van der Waals surface area (Å²) in [6, 6.07) is 0. The second-order valence-electron chi connectivity index (χ2n) is 4.87. The highest BCUT2D eigenvalue weighted by atomic mass is 16.5. The van der Waals surface area contributed by atoms with Crippen molar-refractivity contribution in [3.05, 3.63) is 23.0 Å². The van der Waals surface area contributed by atoms with Gasteiger partial charge < -0.3 is 15.6 Å². The molecule has 0 aliphatic carbocycles. The van der Waals surface area contributed by atoms with E-state index in [4.69, 9.17) is 10.5 Å². The number of aryl methyl sites for hydroxylation is 1. The maximum Gasteiger partial charge on any atom is 0.141 e. The third kappa shape index (κ3) is 5.17. The van der Waals surface area contributed by atoms with Gasteiger partial charge in [0.15, 0.2) is 0 Å². The number of nitrogens with zero attached hydrogens (tertiary/aromatic N) is 1. The molecule has 0 bridgehead atoms. The molecule has 0 radical (unpaired) electrons. The molecule has 1 rings (SSSR count). The van der Waals surface area contributed by atoms with Gasteiger partial charge in [0, 0.05) is 30.5 Å². The highest BCUT2D eigenvalue weighted by Crippen LogP contribution is 2.23. The Bertz CT molecular complexity index is 381. The third-order valence-corrected chi connectivity index (χ3v) is 3.28. The molecule has 0 fully saturated rings. The number of aromatic hydroxyl groups is 1. The largest absolute Gasteiger partial charge is 0.506 e. The van der Waals surface area contributed by atoms with Gasteiger partial charge in [-0.3, -0.25) is 4.98 Å². The summed E-state index contributed by atoms with van der Waals surface area (Å²) in [6.45, 7) is 5.52. The molecule has 3 N–H and O–H groups in total. The molecule has 0 amide bonds. The van der Waals surface area contributed by atoms with Crippen LogP contribution in [0.5, 0.6) is 5.75 Å². The average molecular weight is 266 g/mol. The SMILES string of the molecule is CCCCCCCOCc1cnc(C)c(O)c1CN. The molecule has 0 saturated heterocycles. The van der Waals surface area contributed by atoms with E-state index in [9.17, 15) is 5.11 Å². The van der Waals surface area contributed by atoms with Crippen molar-refractivity contribution in [3.8, 4) is 5.75 Å². The monoisotopic (exact) mass is 266 g/mol. The molecular weight excluding hydrogens is 240 g/mol. The minimum atomic E-state index is 0.201. The standard InChI is InChI=1S/C15H26N2O2/c1-3-4-5-6-7-8-19-11-13-10-17-12(2)15(18)14(13)9-16/h10,18H,3-9,11,16H2,1-2H3. The average Bonchev–Trinajstić information content (AvgIpc) is 2.42. The van der Waals surface area contributed by atoms with Gasteiger partial charge in [-0.2, -0.15) is 0 Å². The Morgan fingerprint density at radius 3 is 2.68 bits per heavy atom. The van der Waals surface area contributed by atoms with Gasteiger partial charge in [0.2, 0.25) is 0 Å². The van der Waals surface area contributed by atoms with Crippen LogP contribution in [0.4, 0.5) is 0 Å². The van der Waals surface area contributed by atoms with Gasteiger partial charge in [0.25, 0.3) is 0 Å². The highest BCUT2D eigenvalue weighted by Gasteiger charge is 2.10. The van der Waals surface area contributed by atoms with Crippen molar-refractivity contribution >= 4 is 0 Å². The Balaban J connectivity index is 2.35. The fraction of sp³-hybridized carbons (Fsp3) is 0.667. The molecule has 1 aromatic heterocycles. The zero-order valence-corrected chi connectivity index (χ0v) is 12.1. The molecule has 19 heavy (non-hydrogen) atoms. The normalized spacial score (nSPS) is 10.9. The van der Waals surface area contributed by atoms with Crippen LogP contribution in [-0.4, -0.2) is 16.7 Å². The molecular formula is C15H26N2O2. The Morgan fingerprint density at radius 2 is 2.00 bits per heavy atom. The number of hydrogen-bond acceptors (Lipinski definition) is 4. The van der Waals surface area contributed by atoms with Crippen molar-refractivity contribution in [2.75, 3.05) is 6.61 Å². The quantitative estimate of drug-likeness (QED) is 0.674. The van der Waals surface area contributed by atoms with Crippen molar-refractivity contribution in [1.29, 1.82) is 0 Å². The minimum Gasteiger partial charge on any atom is -0.506 e. The molecule has 0 unspecified atom stereocenters. The van der Waals surface area contributed by atoms with Gasteiger partial charge in [-0.1, -0.05) is 32.6 Å². The van der Waals surface area contributed by atoms with Gasteiger partial charge in [-0.25, -0.2) is 0 Å². The Morgan fingerprint density at radius 1 is 1.26 bits per heavy atom. The zero-order valence-electron chi connectivity index (χ0n) is 12.1. The maximum absolute atomic E-state index is 9.88. The van der Waals surface area contributed by atoms with Crippen LogP contribution < -0.4 is 5.73 Å². The molecule has 0 spiro atoms. The molecule has 1 heterocycles. The smallest absolute Gasteiger partial charge is 0.141 e. The van der Waals surface area contributed by atoms with Crippen molar-refractivity contribution < 1.29 is 9.84 Å². The van der Waals surface area contributed by atoms with E-state index < -0.39 is 0 Å². The van der Waals surface area contributed by atoms with E-state index in [0.29, 0.717) is 18.8 Å². The number of rotatable bonds is 9. The molecule has 0 saturated carbocycles. The number of ether oxygens (including phenoxy) is 1. The first-order valence-corrected chi connectivity index (χ1v) is 7.14. The number of aromatic nitrogens is 1. The van der Waals surface area contributed by atoms with Crippen LogP contribution in [0.3, 0.4) is 0 Å². The van der Waals surface area contributed by atoms with Crippen LogP contribution in [0.2, 0.25) is 0 Å².